The highest BCUT2D eigenvalue weighted by Gasteiger charge is 2.31. The minimum atomic E-state index is -0.484. The first-order chi connectivity index (χ1) is 8.58. The molecule has 1 N–H and O–H groups in total. The number of rotatable bonds is 4. The standard InChI is InChI=1S/C12H18N4O2/c1-8(2)9-6-10(18-15-9)12(17)16(3)7-11-13-4-5-14-11/h4-5,8,10H,6-7H2,1-3H3,(H,13,14)/t10-/m0/s1. The van der Waals surface area contributed by atoms with Crippen LogP contribution in [-0.4, -0.2) is 39.6 Å². The lowest BCUT2D eigenvalue weighted by Crippen LogP contribution is -2.36. The van der Waals surface area contributed by atoms with Crippen LogP contribution in [0, 0.1) is 5.92 Å². The summed E-state index contributed by atoms with van der Waals surface area (Å²) in [5, 5.41) is 3.96. The Morgan fingerprint density at radius 3 is 3.00 bits per heavy atom. The third-order valence-corrected chi connectivity index (χ3v) is 2.95. The Hall–Kier alpha value is -1.85. The average Bonchev–Trinajstić information content (AvgIpc) is 2.98. The Morgan fingerprint density at radius 1 is 1.67 bits per heavy atom. The number of aromatic amines is 1. The second-order valence-corrected chi connectivity index (χ2v) is 4.77. The summed E-state index contributed by atoms with van der Waals surface area (Å²) in [7, 11) is 1.74. The zero-order chi connectivity index (χ0) is 13.1. The van der Waals surface area contributed by atoms with Gasteiger partial charge < -0.3 is 14.7 Å². The fourth-order valence-electron chi connectivity index (χ4n) is 1.80. The summed E-state index contributed by atoms with van der Waals surface area (Å²) in [4.78, 5) is 26.0. The van der Waals surface area contributed by atoms with E-state index in [0.29, 0.717) is 18.9 Å². The van der Waals surface area contributed by atoms with E-state index in [1.807, 2.05) is 13.8 Å². The maximum atomic E-state index is 12.1. The average molecular weight is 250 g/mol. The van der Waals surface area contributed by atoms with Crippen LogP contribution in [0.25, 0.3) is 0 Å². The molecule has 1 aromatic heterocycles. The van der Waals surface area contributed by atoms with Crippen LogP contribution in [0.3, 0.4) is 0 Å². The Labute approximate surface area is 106 Å². The summed E-state index contributed by atoms with van der Waals surface area (Å²) < 4.78 is 0. The lowest BCUT2D eigenvalue weighted by Gasteiger charge is -2.18. The van der Waals surface area contributed by atoms with Gasteiger partial charge in [-0.25, -0.2) is 4.98 Å². The second-order valence-electron chi connectivity index (χ2n) is 4.77. The van der Waals surface area contributed by atoms with Gasteiger partial charge in [-0.05, 0) is 5.92 Å². The lowest BCUT2D eigenvalue weighted by molar-refractivity contribution is -0.141. The minimum absolute atomic E-state index is 0.0641. The van der Waals surface area contributed by atoms with Crippen molar-refractivity contribution >= 4 is 11.6 Å². The quantitative estimate of drug-likeness (QED) is 0.872. The zero-order valence-corrected chi connectivity index (χ0v) is 10.9. The van der Waals surface area contributed by atoms with Crippen LogP contribution >= 0.6 is 0 Å². The third-order valence-electron chi connectivity index (χ3n) is 2.95. The van der Waals surface area contributed by atoms with Crippen LogP contribution in [-0.2, 0) is 16.2 Å². The van der Waals surface area contributed by atoms with E-state index < -0.39 is 6.10 Å². The number of amides is 1. The van der Waals surface area contributed by atoms with E-state index in [1.165, 1.54) is 0 Å². The third kappa shape index (κ3) is 2.69. The van der Waals surface area contributed by atoms with Gasteiger partial charge in [0.1, 0.15) is 5.82 Å². The topological polar surface area (TPSA) is 70.6 Å². The molecule has 1 atom stereocenters. The molecule has 1 aliphatic rings. The van der Waals surface area contributed by atoms with Gasteiger partial charge in [0, 0.05) is 25.9 Å². The number of oxime groups is 1. The Kier molecular flexibility index (Phi) is 3.64. The van der Waals surface area contributed by atoms with Crippen molar-refractivity contribution < 1.29 is 9.63 Å². The van der Waals surface area contributed by atoms with Crippen molar-refractivity contribution in [3.8, 4) is 0 Å². The summed E-state index contributed by atoms with van der Waals surface area (Å²) in [5.41, 5.74) is 0.944. The highest BCUT2D eigenvalue weighted by molar-refractivity contribution is 5.93. The van der Waals surface area contributed by atoms with Gasteiger partial charge in [-0.1, -0.05) is 19.0 Å². The second kappa shape index (κ2) is 5.20. The van der Waals surface area contributed by atoms with E-state index in [0.717, 1.165) is 11.5 Å². The van der Waals surface area contributed by atoms with Crippen LogP contribution in [0.2, 0.25) is 0 Å². The predicted octanol–water partition coefficient (Wildman–Crippen LogP) is 1.17. The van der Waals surface area contributed by atoms with E-state index in [2.05, 4.69) is 15.1 Å². The molecule has 0 aliphatic carbocycles. The van der Waals surface area contributed by atoms with Gasteiger partial charge in [0.2, 0.25) is 6.10 Å². The van der Waals surface area contributed by atoms with Crippen LogP contribution in [0.1, 0.15) is 26.1 Å². The van der Waals surface area contributed by atoms with Crippen molar-refractivity contribution in [2.75, 3.05) is 7.05 Å². The number of nitrogens with zero attached hydrogens (tertiary/aromatic N) is 3. The zero-order valence-electron chi connectivity index (χ0n) is 10.9. The fourth-order valence-corrected chi connectivity index (χ4v) is 1.80. The number of aromatic nitrogens is 2. The molecular weight excluding hydrogens is 232 g/mol. The maximum Gasteiger partial charge on any atom is 0.267 e. The lowest BCUT2D eigenvalue weighted by atomic mass is 10.0. The number of carbonyl (C=O) groups is 1. The van der Waals surface area contributed by atoms with Crippen molar-refractivity contribution in [1.29, 1.82) is 0 Å². The Balaban J connectivity index is 1.89. The molecule has 6 heteroatoms. The van der Waals surface area contributed by atoms with Gasteiger partial charge >= 0.3 is 0 Å². The van der Waals surface area contributed by atoms with Crippen molar-refractivity contribution in [3.63, 3.8) is 0 Å². The smallest absolute Gasteiger partial charge is 0.267 e. The normalized spacial score (nSPS) is 18.7. The molecule has 2 heterocycles. The van der Waals surface area contributed by atoms with Crippen molar-refractivity contribution in [2.24, 2.45) is 11.1 Å². The monoisotopic (exact) mass is 250 g/mol. The molecule has 6 nitrogen and oxygen atoms in total. The molecular formula is C12H18N4O2. The molecule has 0 saturated carbocycles. The number of nitrogens with one attached hydrogen (secondary N) is 1. The molecule has 0 radical (unpaired) electrons. The highest BCUT2D eigenvalue weighted by Crippen LogP contribution is 2.18. The summed E-state index contributed by atoms with van der Waals surface area (Å²) in [6.07, 6.45) is 3.50. The summed E-state index contributed by atoms with van der Waals surface area (Å²) in [5.74, 6) is 1.01. The van der Waals surface area contributed by atoms with Gasteiger partial charge in [-0.2, -0.15) is 0 Å². The van der Waals surface area contributed by atoms with E-state index in [9.17, 15) is 4.79 Å². The first-order valence-electron chi connectivity index (χ1n) is 6.03. The fraction of sp³-hybridized carbons (Fsp3) is 0.583. The van der Waals surface area contributed by atoms with Gasteiger partial charge in [0.15, 0.2) is 0 Å². The van der Waals surface area contributed by atoms with Crippen molar-refractivity contribution in [2.45, 2.75) is 32.9 Å². The van der Waals surface area contributed by atoms with E-state index in [-0.39, 0.29) is 5.91 Å². The molecule has 0 fully saturated rings. The molecule has 1 aliphatic heterocycles. The van der Waals surface area contributed by atoms with Crippen LogP contribution in [0.15, 0.2) is 17.5 Å². The van der Waals surface area contributed by atoms with E-state index in [1.54, 1.807) is 24.3 Å². The number of hydrogen-bond donors (Lipinski definition) is 1. The van der Waals surface area contributed by atoms with Crippen molar-refractivity contribution in [3.05, 3.63) is 18.2 Å². The molecule has 0 aromatic carbocycles. The largest absolute Gasteiger partial charge is 0.382 e. The van der Waals surface area contributed by atoms with Crippen LogP contribution < -0.4 is 0 Å². The number of H-pyrrole nitrogens is 1. The first kappa shape index (κ1) is 12.6. The molecule has 0 unspecified atom stereocenters. The molecule has 0 spiro atoms. The SMILES string of the molecule is CC(C)C1=NO[C@H](C(=O)N(C)Cc2ncc[nH]2)C1. The van der Waals surface area contributed by atoms with Gasteiger partial charge in [0.05, 0.1) is 12.3 Å². The number of hydrogen-bond acceptors (Lipinski definition) is 4. The maximum absolute atomic E-state index is 12.1. The molecule has 1 aromatic rings. The number of imidazole rings is 1. The van der Waals surface area contributed by atoms with Gasteiger partial charge in [-0.3, -0.25) is 4.79 Å². The Morgan fingerprint density at radius 2 is 2.44 bits per heavy atom. The summed E-state index contributed by atoms with van der Waals surface area (Å²) in [6.45, 7) is 4.53. The van der Waals surface area contributed by atoms with E-state index in [4.69, 9.17) is 4.84 Å². The van der Waals surface area contributed by atoms with E-state index >= 15 is 0 Å². The molecule has 1 amide bonds. The summed E-state index contributed by atoms with van der Waals surface area (Å²) in [6, 6.07) is 0. The predicted molar refractivity (Wildman–Crippen MR) is 66.8 cm³/mol. The molecule has 18 heavy (non-hydrogen) atoms. The Bertz CT molecular complexity index is 439. The van der Waals surface area contributed by atoms with Gasteiger partial charge in [0.25, 0.3) is 5.91 Å². The van der Waals surface area contributed by atoms with Gasteiger partial charge in [-0.15, -0.1) is 0 Å². The molecule has 98 valence electrons. The van der Waals surface area contributed by atoms with Crippen molar-refractivity contribution in [1.82, 2.24) is 14.9 Å². The summed E-state index contributed by atoms with van der Waals surface area (Å²) >= 11 is 0. The van der Waals surface area contributed by atoms with Crippen LogP contribution in [0.5, 0.6) is 0 Å². The number of carbonyl (C=O) groups excluding carboxylic acids is 1. The highest BCUT2D eigenvalue weighted by atomic mass is 16.6. The first-order valence-corrected chi connectivity index (χ1v) is 6.03. The van der Waals surface area contributed by atoms with Crippen LogP contribution in [0.4, 0.5) is 0 Å². The minimum Gasteiger partial charge on any atom is -0.382 e. The molecule has 0 bridgehead atoms. The molecule has 2 rings (SSSR count). The number of likely N-dealkylation sites (N-methyl/N-ethyl adjacent to an activating group) is 1. The molecule has 0 saturated heterocycles.